The van der Waals surface area contributed by atoms with Gasteiger partial charge in [-0.15, -0.1) is 0 Å². The van der Waals surface area contributed by atoms with Gasteiger partial charge in [-0.2, -0.15) is 0 Å². The molecule has 1 aromatic rings. The van der Waals surface area contributed by atoms with Crippen LogP contribution in [0.15, 0.2) is 24.3 Å². The van der Waals surface area contributed by atoms with Gasteiger partial charge in [-0.05, 0) is 36.8 Å². The van der Waals surface area contributed by atoms with E-state index in [4.69, 9.17) is 5.73 Å². The van der Waals surface area contributed by atoms with Gasteiger partial charge in [-0.1, -0.05) is 24.3 Å². The highest BCUT2D eigenvalue weighted by Crippen LogP contribution is 2.34. The molecule has 0 fully saturated rings. The summed E-state index contributed by atoms with van der Waals surface area (Å²) in [5.74, 6) is 0.598. The minimum absolute atomic E-state index is 0.300. The molecule has 1 unspecified atom stereocenters. The molecule has 1 aromatic carbocycles. The van der Waals surface area contributed by atoms with Crippen LogP contribution in [0.3, 0.4) is 0 Å². The third-order valence-electron chi connectivity index (χ3n) is 2.81. The molecule has 0 bridgehead atoms. The minimum Gasteiger partial charge on any atom is -0.327 e. The van der Waals surface area contributed by atoms with Gasteiger partial charge in [-0.3, -0.25) is 0 Å². The van der Waals surface area contributed by atoms with Crippen molar-refractivity contribution < 1.29 is 0 Å². The van der Waals surface area contributed by atoms with E-state index in [1.54, 1.807) is 0 Å². The zero-order valence-corrected chi connectivity index (χ0v) is 7.46. The van der Waals surface area contributed by atoms with E-state index in [0.29, 0.717) is 12.0 Å². The Balaban J connectivity index is 2.36. The smallest absolute Gasteiger partial charge is 0.00795 e. The maximum atomic E-state index is 5.91. The van der Waals surface area contributed by atoms with Crippen LogP contribution in [0.1, 0.15) is 30.4 Å². The molecule has 64 valence electrons. The van der Waals surface area contributed by atoms with Crippen LogP contribution in [0.25, 0.3) is 0 Å². The van der Waals surface area contributed by atoms with E-state index >= 15 is 0 Å². The molecule has 0 spiro atoms. The lowest BCUT2D eigenvalue weighted by atomic mass is 9.95. The number of hydrogen-bond donors (Lipinski definition) is 1. The Labute approximate surface area is 73.6 Å². The molecule has 1 aliphatic carbocycles. The molecule has 2 atom stereocenters. The van der Waals surface area contributed by atoms with Gasteiger partial charge < -0.3 is 5.73 Å². The summed E-state index contributed by atoms with van der Waals surface area (Å²) in [7, 11) is 0. The van der Waals surface area contributed by atoms with Gasteiger partial charge in [0.05, 0.1) is 0 Å². The summed E-state index contributed by atoms with van der Waals surface area (Å²) in [6.45, 7) is 2.10. The molecular weight excluding hydrogens is 146 g/mol. The van der Waals surface area contributed by atoms with Crippen molar-refractivity contribution in [3.63, 3.8) is 0 Å². The molecule has 0 saturated heterocycles. The maximum Gasteiger partial charge on any atom is 0.00795 e. The fraction of sp³-hybridized carbons (Fsp3) is 0.455. The number of hydrogen-bond acceptors (Lipinski definition) is 1. The van der Waals surface area contributed by atoms with Crippen LogP contribution in [0.4, 0.5) is 0 Å². The predicted octanol–water partition coefficient (Wildman–Crippen LogP) is 2.06. The fourth-order valence-electron chi connectivity index (χ4n) is 2.14. The van der Waals surface area contributed by atoms with Crippen molar-refractivity contribution >= 4 is 0 Å². The van der Waals surface area contributed by atoms with Crippen LogP contribution >= 0.6 is 0 Å². The quantitative estimate of drug-likeness (QED) is 0.670. The lowest BCUT2D eigenvalue weighted by Crippen LogP contribution is -2.22. The van der Waals surface area contributed by atoms with Crippen molar-refractivity contribution in [1.82, 2.24) is 0 Å². The Morgan fingerprint density at radius 1 is 1.42 bits per heavy atom. The lowest BCUT2D eigenvalue weighted by Gasteiger charge is -2.15. The summed E-state index contributed by atoms with van der Waals surface area (Å²) in [6.07, 6.45) is 2.44. The first-order chi connectivity index (χ1) is 5.79. The van der Waals surface area contributed by atoms with Crippen LogP contribution < -0.4 is 5.73 Å². The van der Waals surface area contributed by atoms with Crippen molar-refractivity contribution in [2.75, 3.05) is 0 Å². The molecule has 1 heteroatoms. The molecular formula is C11H15N. The first-order valence-corrected chi connectivity index (χ1v) is 4.62. The Kier molecular flexibility index (Phi) is 1.89. The summed E-state index contributed by atoms with van der Waals surface area (Å²) in [5.41, 5.74) is 8.89. The third kappa shape index (κ3) is 1.14. The third-order valence-corrected chi connectivity index (χ3v) is 2.81. The second kappa shape index (κ2) is 2.91. The summed E-state index contributed by atoms with van der Waals surface area (Å²) in [4.78, 5) is 0. The largest absolute Gasteiger partial charge is 0.327 e. The summed E-state index contributed by atoms with van der Waals surface area (Å²) in [6, 6.07) is 8.96. The van der Waals surface area contributed by atoms with Crippen LogP contribution in [0.5, 0.6) is 0 Å². The van der Waals surface area contributed by atoms with Gasteiger partial charge in [0.1, 0.15) is 0 Å². The highest BCUT2D eigenvalue weighted by Gasteiger charge is 2.24. The van der Waals surface area contributed by atoms with Crippen molar-refractivity contribution in [1.29, 1.82) is 0 Å². The van der Waals surface area contributed by atoms with E-state index in [9.17, 15) is 0 Å². The van der Waals surface area contributed by atoms with Gasteiger partial charge in [0, 0.05) is 6.04 Å². The van der Waals surface area contributed by atoms with E-state index in [2.05, 4.69) is 31.2 Å². The molecule has 0 saturated carbocycles. The SMILES string of the molecule is C[C@@H](N)C1CCc2ccccc21. The van der Waals surface area contributed by atoms with Crippen molar-refractivity contribution in [2.24, 2.45) is 5.73 Å². The zero-order chi connectivity index (χ0) is 8.55. The molecule has 2 N–H and O–H groups in total. The first-order valence-electron chi connectivity index (χ1n) is 4.62. The van der Waals surface area contributed by atoms with E-state index < -0.39 is 0 Å². The lowest BCUT2D eigenvalue weighted by molar-refractivity contribution is 0.564. The topological polar surface area (TPSA) is 26.0 Å². The summed E-state index contributed by atoms with van der Waals surface area (Å²) >= 11 is 0. The number of rotatable bonds is 1. The molecule has 12 heavy (non-hydrogen) atoms. The molecule has 1 nitrogen and oxygen atoms in total. The van der Waals surface area contributed by atoms with Gasteiger partial charge in [0.15, 0.2) is 0 Å². The molecule has 0 radical (unpaired) electrons. The predicted molar refractivity (Wildman–Crippen MR) is 51.2 cm³/mol. The minimum atomic E-state index is 0.300. The van der Waals surface area contributed by atoms with E-state index in [0.717, 1.165) is 0 Å². The number of nitrogens with two attached hydrogens (primary N) is 1. The van der Waals surface area contributed by atoms with Crippen molar-refractivity contribution in [2.45, 2.75) is 31.7 Å². The van der Waals surface area contributed by atoms with Crippen LogP contribution in [0.2, 0.25) is 0 Å². The molecule has 1 aliphatic rings. The van der Waals surface area contributed by atoms with Gasteiger partial charge >= 0.3 is 0 Å². The fourth-order valence-corrected chi connectivity index (χ4v) is 2.14. The maximum absolute atomic E-state index is 5.91. The van der Waals surface area contributed by atoms with Crippen LogP contribution in [-0.2, 0) is 6.42 Å². The van der Waals surface area contributed by atoms with Crippen LogP contribution in [-0.4, -0.2) is 6.04 Å². The van der Waals surface area contributed by atoms with Crippen LogP contribution in [0, 0.1) is 0 Å². The average molecular weight is 161 g/mol. The monoisotopic (exact) mass is 161 g/mol. The second-order valence-corrected chi connectivity index (χ2v) is 3.70. The highest BCUT2D eigenvalue weighted by molar-refractivity contribution is 5.35. The summed E-state index contributed by atoms with van der Waals surface area (Å²) in [5, 5.41) is 0. The van der Waals surface area contributed by atoms with Crippen molar-refractivity contribution in [3.8, 4) is 0 Å². The number of benzene rings is 1. The molecule has 2 rings (SSSR count). The Hall–Kier alpha value is -0.820. The Bertz CT molecular complexity index is 278. The molecule has 0 amide bonds. The van der Waals surface area contributed by atoms with Gasteiger partial charge in [0.25, 0.3) is 0 Å². The van der Waals surface area contributed by atoms with Gasteiger partial charge in [-0.25, -0.2) is 0 Å². The molecule has 0 heterocycles. The highest BCUT2D eigenvalue weighted by atomic mass is 14.6. The van der Waals surface area contributed by atoms with E-state index in [1.807, 2.05) is 0 Å². The van der Waals surface area contributed by atoms with E-state index in [-0.39, 0.29) is 0 Å². The van der Waals surface area contributed by atoms with Crippen molar-refractivity contribution in [3.05, 3.63) is 35.4 Å². The molecule has 0 aliphatic heterocycles. The average Bonchev–Trinajstić information content (AvgIpc) is 2.47. The van der Waals surface area contributed by atoms with E-state index in [1.165, 1.54) is 24.0 Å². The Morgan fingerprint density at radius 2 is 2.17 bits per heavy atom. The number of aryl methyl sites for hydroxylation is 1. The zero-order valence-electron chi connectivity index (χ0n) is 7.46. The normalized spacial score (nSPS) is 23.7. The first kappa shape index (κ1) is 7.81. The second-order valence-electron chi connectivity index (χ2n) is 3.70. The van der Waals surface area contributed by atoms with Gasteiger partial charge in [0.2, 0.25) is 0 Å². The summed E-state index contributed by atoms with van der Waals surface area (Å²) < 4.78 is 0. The Morgan fingerprint density at radius 3 is 2.92 bits per heavy atom. The number of fused-ring (bicyclic) bond motifs is 1. The standard InChI is InChI=1S/C11H15N/c1-8(12)10-7-6-9-4-2-3-5-11(9)10/h2-5,8,10H,6-7,12H2,1H3/t8-,10?/m1/s1. The molecule has 0 aromatic heterocycles.